The lowest BCUT2D eigenvalue weighted by atomic mass is 10.1. The van der Waals surface area contributed by atoms with Gasteiger partial charge in [-0.1, -0.05) is 18.2 Å². The molecule has 0 fully saturated rings. The van der Waals surface area contributed by atoms with Gasteiger partial charge in [0.2, 0.25) is 5.78 Å². The van der Waals surface area contributed by atoms with E-state index in [0.29, 0.717) is 28.4 Å². The van der Waals surface area contributed by atoms with Crippen LogP contribution < -0.4 is 14.4 Å². The van der Waals surface area contributed by atoms with Gasteiger partial charge in [0, 0.05) is 5.56 Å². The first-order valence-corrected chi connectivity index (χ1v) is 9.32. The first kappa shape index (κ1) is 17.3. The van der Waals surface area contributed by atoms with Crippen molar-refractivity contribution >= 4 is 28.7 Å². The van der Waals surface area contributed by atoms with Gasteiger partial charge in [-0.2, -0.15) is 0 Å². The van der Waals surface area contributed by atoms with Crippen LogP contribution in [0.3, 0.4) is 0 Å². The van der Waals surface area contributed by atoms with Crippen molar-refractivity contribution < 1.29 is 19.1 Å². The molecule has 1 aliphatic rings. The summed E-state index contributed by atoms with van der Waals surface area (Å²) >= 11 is 1.40. The summed E-state index contributed by atoms with van der Waals surface area (Å²) in [5, 5.41) is 1.87. The molecule has 6 heteroatoms. The van der Waals surface area contributed by atoms with Crippen LogP contribution in [0.4, 0.5) is 5.69 Å². The smallest absolute Gasteiger partial charge is 0.265 e. The van der Waals surface area contributed by atoms with Crippen LogP contribution in [0.2, 0.25) is 0 Å². The molecule has 0 unspecified atom stereocenters. The SMILES string of the molecule is COc1cccc(CN2C(=O)COc3ccc(C(=O)c4cccs4)cc32)c1. The molecule has 0 radical (unpaired) electrons. The van der Waals surface area contributed by atoms with Crippen LogP contribution in [0, 0.1) is 0 Å². The average Bonchev–Trinajstić information content (AvgIpc) is 3.24. The highest BCUT2D eigenvalue weighted by Crippen LogP contribution is 2.35. The number of carbonyl (C=O) groups excluding carboxylic acids is 2. The summed E-state index contributed by atoms with van der Waals surface area (Å²) < 4.78 is 10.8. The molecule has 0 saturated carbocycles. The van der Waals surface area contributed by atoms with Crippen LogP contribution in [-0.2, 0) is 11.3 Å². The van der Waals surface area contributed by atoms with Gasteiger partial charge in [0.1, 0.15) is 11.5 Å². The molecule has 5 nitrogen and oxygen atoms in total. The number of hydrogen-bond acceptors (Lipinski definition) is 5. The third-order valence-corrected chi connectivity index (χ3v) is 5.25. The summed E-state index contributed by atoms with van der Waals surface area (Å²) in [4.78, 5) is 27.5. The van der Waals surface area contributed by atoms with Crippen molar-refractivity contribution in [1.29, 1.82) is 0 Å². The summed E-state index contributed by atoms with van der Waals surface area (Å²) in [7, 11) is 1.61. The zero-order valence-electron chi connectivity index (χ0n) is 14.7. The number of amides is 1. The van der Waals surface area contributed by atoms with E-state index in [-0.39, 0.29) is 18.3 Å². The Morgan fingerprint density at radius 1 is 1.19 bits per heavy atom. The fourth-order valence-corrected chi connectivity index (χ4v) is 3.71. The van der Waals surface area contributed by atoms with Crippen LogP contribution in [0.5, 0.6) is 11.5 Å². The van der Waals surface area contributed by atoms with Crippen LogP contribution >= 0.6 is 11.3 Å². The summed E-state index contributed by atoms with van der Waals surface area (Å²) in [6, 6.07) is 16.4. The Morgan fingerprint density at radius 2 is 2.07 bits per heavy atom. The second kappa shape index (κ2) is 7.25. The molecule has 1 aromatic heterocycles. The number of rotatable bonds is 5. The Balaban J connectivity index is 1.69. The van der Waals surface area contributed by atoms with Crippen molar-refractivity contribution in [2.45, 2.75) is 6.54 Å². The quantitative estimate of drug-likeness (QED) is 0.631. The number of ether oxygens (including phenoxy) is 2. The number of nitrogens with zero attached hydrogens (tertiary/aromatic N) is 1. The van der Waals surface area contributed by atoms with Gasteiger partial charge in [-0.25, -0.2) is 0 Å². The minimum absolute atomic E-state index is 0.0187. The van der Waals surface area contributed by atoms with E-state index in [9.17, 15) is 9.59 Å². The zero-order valence-corrected chi connectivity index (χ0v) is 15.5. The van der Waals surface area contributed by atoms with Crippen molar-refractivity contribution in [1.82, 2.24) is 0 Å². The zero-order chi connectivity index (χ0) is 18.8. The van der Waals surface area contributed by atoms with Gasteiger partial charge in [0.05, 0.1) is 24.2 Å². The molecule has 136 valence electrons. The number of methoxy groups -OCH3 is 1. The molecule has 27 heavy (non-hydrogen) atoms. The molecule has 0 aliphatic carbocycles. The van der Waals surface area contributed by atoms with E-state index >= 15 is 0 Å². The van der Waals surface area contributed by atoms with Gasteiger partial charge in [-0.3, -0.25) is 9.59 Å². The van der Waals surface area contributed by atoms with E-state index in [1.54, 1.807) is 36.3 Å². The predicted octanol–water partition coefficient (Wildman–Crippen LogP) is 3.91. The monoisotopic (exact) mass is 379 g/mol. The van der Waals surface area contributed by atoms with Crippen molar-refractivity contribution in [2.75, 3.05) is 18.6 Å². The van der Waals surface area contributed by atoms with Gasteiger partial charge in [-0.05, 0) is 47.3 Å². The lowest BCUT2D eigenvalue weighted by molar-refractivity contribution is -0.121. The molecular formula is C21H17NO4S. The van der Waals surface area contributed by atoms with Crippen LogP contribution in [0.15, 0.2) is 60.0 Å². The summed E-state index contributed by atoms with van der Waals surface area (Å²) in [5.74, 6) is 1.12. The largest absolute Gasteiger partial charge is 0.497 e. The fourth-order valence-electron chi connectivity index (χ4n) is 3.02. The number of benzene rings is 2. The number of hydrogen-bond donors (Lipinski definition) is 0. The summed E-state index contributed by atoms with van der Waals surface area (Å²) in [6.45, 7) is 0.359. The van der Waals surface area contributed by atoms with Crippen molar-refractivity contribution in [2.24, 2.45) is 0 Å². The lowest BCUT2D eigenvalue weighted by Gasteiger charge is -2.30. The predicted molar refractivity (Wildman–Crippen MR) is 104 cm³/mol. The van der Waals surface area contributed by atoms with E-state index in [1.165, 1.54) is 11.3 Å². The van der Waals surface area contributed by atoms with Crippen LogP contribution in [-0.4, -0.2) is 25.4 Å². The Morgan fingerprint density at radius 3 is 2.85 bits per heavy atom. The molecular weight excluding hydrogens is 362 g/mol. The minimum Gasteiger partial charge on any atom is -0.497 e. The maximum Gasteiger partial charge on any atom is 0.265 e. The maximum atomic E-state index is 12.7. The van der Waals surface area contributed by atoms with E-state index < -0.39 is 0 Å². The molecule has 0 N–H and O–H groups in total. The Labute approximate surface area is 160 Å². The molecule has 0 saturated heterocycles. The Bertz CT molecular complexity index is 997. The molecule has 1 amide bonds. The van der Waals surface area contributed by atoms with Gasteiger partial charge >= 0.3 is 0 Å². The number of carbonyl (C=O) groups is 2. The normalized spacial score (nSPS) is 13.1. The third-order valence-electron chi connectivity index (χ3n) is 4.38. The molecule has 2 heterocycles. The highest BCUT2D eigenvalue weighted by Gasteiger charge is 2.27. The van der Waals surface area contributed by atoms with Crippen molar-refractivity contribution in [3.8, 4) is 11.5 Å². The van der Waals surface area contributed by atoms with Gasteiger partial charge < -0.3 is 14.4 Å². The second-order valence-corrected chi connectivity index (χ2v) is 7.06. The number of ketones is 1. The maximum absolute atomic E-state index is 12.7. The Hall–Kier alpha value is -3.12. The Kier molecular flexibility index (Phi) is 4.64. The molecule has 0 bridgehead atoms. The molecule has 3 aromatic rings. The lowest BCUT2D eigenvalue weighted by Crippen LogP contribution is -2.38. The van der Waals surface area contributed by atoms with Crippen molar-refractivity contribution in [3.05, 3.63) is 76.0 Å². The number of thiophene rings is 1. The molecule has 0 atom stereocenters. The van der Waals surface area contributed by atoms with Crippen LogP contribution in [0.25, 0.3) is 0 Å². The standard InChI is InChI=1S/C21H17NO4S/c1-25-16-5-2-4-14(10-16)12-22-17-11-15(21(24)19-6-3-9-27-19)7-8-18(17)26-13-20(22)23/h2-11H,12-13H2,1H3. The highest BCUT2D eigenvalue weighted by molar-refractivity contribution is 7.12. The third kappa shape index (κ3) is 3.44. The average molecular weight is 379 g/mol. The fraction of sp³-hybridized carbons (Fsp3) is 0.143. The first-order chi connectivity index (χ1) is 13.2. The van der Waals surface area contributed by atoms with E-state index in [4.69, 9.17) is 9.47 Å². The second-order valence-electron chi connectivity index (χ2n) is 6.11. The summed E-state index contributed by atoms with van der Waals surface area (Å²) in [5.41, 5.74) is 2.08. The molecule has 2 aromatic carbocycles. The first-order valence-electron chi connectivity index (χ1n) is 8.44. The molecule has 0 spiro atoms. The van der Waals surface area contributed by atoms with E-state index in [2.05, 4.69) is 0 Å². The molecule has 1 aliphatic heterocycles. The summed E-state index contributed by atoms with van der Waals surface area (Å²) in [6.07, 6.45) is 0. The van der Waals surface area contributed by atoms with E-state index in [1.807, 2.05) is 35.7 Å². The minimum atomic E-state index is -0.147. The van der Waals surface area contributed by atoms with Gasteiger partial charge in [0.15, 0.2) is 6.61 Å². The van der Waals surface area contributed by atoms with Crippen molar-refractivity contribution in [3.63, 3.8) is 0 Å². The van der Waals surface area contributed by atoms with Gasteiger partial charge in [-0.15, -0.1) is 11.3 Å². The highest BCUT2D eigenvalue weighted by atomic mass is 32.1. The topological polar surface area (TPSA) is 55.8 Å². The van der Waals surface area contributed by atoms with E-state index in [0.717, 1.165) is 11.3 Å². The van der Waals surface area contributed by atoms with Gasteiger partial charge in [0.25, 0.3) is 5.91 Å². The molecule has 4 rings (SSSR count). The number of anilines is 1. The number of fused-ring (bicyclic) bond motifs is 1. The van der Waals surface area contributed by atoms with Crippen LogP contribution in [0.1, 0.15) is 20.8 Å².